The van der Waals surface area contributed by atoms with Crippen LogP contribution in [-0.4, -0.2) is 29.1 Å². The summed E-state index contributed by atoms with van der Waals surface area (Å²) in [5.41, 5.74) is 2.25. The first kappa shape index (κ1) is 13.4. The maximum Gasteiger partial charge on any atom is 0.109 e. The number of halogens is 1. The van der Waals surface area contributed by atoms with E-state index in [2.05, 4.69) is 22.8 Å². The summed E-state index contributed by atoms with van der Waals surface area (Å²) in [6.45, 7) is 1.57. The van der Waals surface area contributed by atoms with Crippen LogP contribution in [0.5, 0.6) is 0 Å². The van der Waals surface area contributed by atoms with Crippen molar-refractivity contribution in [1.29, 1.82) is 0 Å². The Morgan fingerprint density at radius 3 is 2.89 bits per heavy atom. The Bertz CT molecular complexity index is 495. The Labute approximate surface area is 113 Å². The van der Waals surface area contributed by atoms with Crippen LogP contribution in [0.1, 0.15) is 18.7 Å². The molecular weight excluding hydrogens is 248 g/mol. The van der Waals surface area contributed by atoms with Crippen molar-refractivity contribution in [2.75, 3.05) is 19.6 Å². The number of unbranched alkanes of at least 4 members (excludes halogenated alkanes) is 1. The first-order chi connectivity index (χ1) is 8.86. The topological polar surface area (TPSA) is 27.1 Å². The molecule has 0 spiro atoms. The van der Waals surface area contributed by atoms with E-state index in [-0.39, 0.29) is 0 Å². The molecule has 3 nitrogen and oxygen atoms in total. The van der Waals surface area contributed by atoms with Crippen LogP contribution in [0.15, 0.2) is 24.3 Å². The summed E-state index contributed by atoms with van der Waals surface area (Å²) in [6.07, 6.45) is 3.10. The molecule has 0 unspecified atom stereocenters. The maximum absolute atomic E-state index is 5.72. The fourth-order valence-electron chi connectivity index (χ4n) is 2.13. The van der Waals surface area contributed by atoms with E-state index in [1.165, 1.54) is 5.52 Å². The number of aryl methyl sites for hydroxylation is 1. The standard InChI is InChI=1S/C14H19ClN2O/c1-18-11-10-17-13-7-3-2-6-12(13)16-14(17)8-4-5-9-15/h2-3,6-7H,4-5,8-11H2,1H3. The molecule has 0 fully saturated rings. The van der Waals surface area contributed by atoms with Crippen molar-refractivity contribution in [3.05, 3.63) is 30.1 Å². The third kappa shape index (κ3) is 3.03. The van der Waals surface area contributed by atoms with Gasteiger partial charge in [-0.1, -0.05) is 12.1 Å². The highest BCUT2D eigenvalue weighted by Crippen LogP contribution is 2.17. The molecule has 0 radical (unpaired) electrons. The number of methoxy groups -OCH3 is 1. The molecule has 0 aliphatic heterocycles. The summed E-state index contributed by atoms with van der Waals surface area (Å²) in [5.74, 6) is 1.86. The van der Waals surface area contributed by atoms with E-state index in [1.807, 2.05) is 6.07 Å². The van der Waals surface area contributed by atoms with Crippen LogP contribution in [0.2, 0.25) is 0 Å². The quantitative estimate of drug-likeness (QED) is 0.568. The largest absolute Gasteiger partial charge is 0.383 e. The molecule has 0 amide bonds. The van der Waals surface area contributed by atoms with Gasteiger partial charge in [-0.2, -0.15) is 0 Å². The van der Waals surface area contributed by atoms with Crippen molar-refractivity contribution in [2.24, 2.45) is 0 Å². The normalized spacial score (nSPS) is 11.2. The number of imidazole rings is 1. The van der Waals surface area contributed by atoms with E-state index in [9.17, 15) is 0 Å². The molecule has 2 aromatic rings. The van der Waals surface area contributed by atoms with Crippen molar-refractivity contribution < 1.29 is 4.74 Å². The van der Waals surface area contributed by atoms with E-state index in [4.69, 9.17) is 21.3 Å². The molecule has 0 saturated carbocycles. The fourth-order valence-corrected chi connectivity index (χ4v) is 2.31. The zero-order valence-electron chi connectivity index (χ0n) is 10.7. The summed E-state index contributed by atoms with van der Waals surface area (Å²) in [5, 5.41) is 0. The van der Waals surface area contributed by atoms with Crippen LogP contribution >= 0.6 is 11.6 Å². The van der Waals surface area contributed by atoms with Crippen LogP contribution in [0.3, 0.4) is 0 Å². The molecule has 1 aromatic heterocycles. The second-order valence-corrected chi connectivity index (χ2v) is 4.69. The SMILES string of the molecule is COCCn1c(CCCCCl)nc2ccccc21. The van der Waals surface area contributed by atoms with Gasteiger partial charge in [-0.15, -0.1) is 11.6 Å². The van der Waals surface area contributed by atoms with E-state index < -0.39 is 0 Å². The van der Waals surface area contributed by atoms with Gasteiger partial charge in [-0.05, 0) is 25.0 Å². The first-order valence-corrected chi connectivity index (χ1v) is 6.89. The lowest BCUT2D eigenvalue weighted by Gasteiger charge is -2.08. The monoisotopic (exact) mass is 266 g/mol. The van der Waals surface area contributed by atoms with Crippen molar-refractivity contribution in [2.45, 2.75) is 25.8 Å². The van der Waals surface area contributed by atoms with Gasteiger partial charge in [-0.25, -0.2) is 4.98 Å². The van der Waals surface area contributed by atoms with Gasteiger partial charge in [0.05, 0.1) is 17.6 Å². The van der Waals surface area contributed by atoms with Gasteiger partial charge >= 0.3 is 0 Å². The highest BCUT2D eigenvalue weighted by molar-refractivity contribution is 6.17. The molecule has 0 aliphatic rings. The van der Waals surface area contributed by atoms with Gasteiger partial charge < -0.3 is 9.30 Å². The average Bonchev–Trinajstić information content (AvgIpc) is 2.74. The number of alkyl halides is 1. The minimum atomic E-state index is 0.711. The Kier molecular flexibility index (Phi) is 5.02. The van der Waals surface area contributed by atoms with Gasteiger partial charge in [0.25, 0.3) is 0 Å². The van der Waals surface area contributed by atoms with Crippen LogP contribution < -0.4 is 0 Å². The Balaban J connectivity index is 2.25. The molecule has 0 N–H and O–H groups in total. The third-order valence-corrected chi connectivity index (χ3v) is 3.30. The zero-order chi connectivity index (χ0) is 12.8. The Morgan fingerprint density at radius 1 is 1.28 bits per heavy atom. The summed E-state index contributed by atoms with van der Waals surface area (Å²) >= 11 is 5.72. The van der Waals surface area contributed by atoms with E-state index in [1.54, 1.807) is 7.11 Å². The molecule has 2 rings (SSSR count). The van der Waals surface area contributed by atoms with E-state index in [0.29, 0.717) is 6.61 Å². The van der Waals surface area contributed by atoms with Crippen molar-refractivity contribution in [3.8, 4) is 0 Å². The summed E-state index contributed by atoms with van der Waals surface area (Å²) < 4.78 is 7.43. The van der Waals surface area contributed by atoms with Gasteiger partial charge in [-0.3, -0.25) is 0 Å². The smallest absolute Gasteiger partial charge is 0.109 e. The molecule has 0 bridgehead atoms. The second kappa shape index (κ2) is 6.76. The van der Waals surface area contributed by atoms with E-state index in [0.717, 1.165) is 43.0 Å². The average molecular weight is 267 g/mol. The fraction of sp³-hybridized carbons (Fsp3) is 0.500. The number of fused-ring (bicyclic) bond motifs is 1. The zero-order valence-corrected chi connectivity index (χ0v) is 11.5. The molecule has 18 heavy (non-hydrogen) atoms. The summed E-state index contributed by atoms with van der Waals surface area (Å²) in [4.78, 5) is 4.70. The Morgan fingerprint density at radius 2 is 2.11 bits per heavy atom. The van der Waals surface area contributed by atoms with Crippen LogP contribution in [0.4, 0.5) is 0 Å². The molecule has 0 aliphatic carbocycles. The number of ether oxygens (including phenoxy) is 1. The number of rotatable bonds is 7. The van der Waals surface area contributed by atoms with Crippen molar-refractivity contribution >= 4 is 22.6 Å². The highest BCUT2D eigenvalue weighted by Gasteiger charge is 2.09. The molecule has 0 saturated heterocycles. The number of aromatic nitrogens is 2. The lowest BCUT2D eigenvalue weighted by Crippen LogP contribution is -2.08. The predicted molar refractivity (Wildman–Crippen MR) is 75.3 cm³/mol. The van der Waals surface area contributed by atoms with Crippen LogP contribution in [0.25, 0.3) is 11.0 Å². The van der Waals surface area contributed by atoms with Gasteiger partial charge in [0.15, 0.2) is 0 Å². The number of hydrogen-bond donors (Lipinski definition) is 0. The summed E-state index contributed by atoms with van der Waals surface area (Å²) in [6, 6.07) is 8.25. The number of nitrogens with zero attached hydrogens (tertiary/aromatic N) is 2. The second-order valence-electron chi connectivity index (χ2n) is 4.31. The van der Waals surface area contributed by atoms with Gasteiger partial charge in [0, 0.05) is 26.0 Å². The minimum absolute atomic E-state index is 0.711. The van der Waals surface area contributed by atoms with Gasteiger partial charge in [0.2, 0.25) is 0 Å². The lowest BCUT2D eigenvalue weighted by atomic mass is 10.2. The number of benzene rings is 1. The number of para-hydroxylation sites is 2. The molecule has 98 valence electrons. The highest BCUT2D eigenvalue weighted by atomic mass is 35.5. The number of hydrogen-bond acceptors (Lipinski definition) is 2. The summed E-state index contributed by atoms with van der Waals surface area (Å²) in [7, 11) is 1.73. The molecule has 4 heteroatoms. The van der Waals surface area contributed by atoms with Crippen molar-refractivity contribution in [3.63, 3.8) is 0 Å². The molecule has 1 aromatic carbocycles. The lowest BCUT2D eigenvalue weighted by molar-refractivity contribution is 0.187. The Hall–Kier alpha value is -1.06. The minimum Gasteiger partial charge on any atom is -0.383 e. The maximum atomic E-state index is 5.72. The first-order valence-electron chi connectivity index (χ1n) is 6.36. The van der Waals surface area contributed by atoms with Gasteiger partial charge in [0.1, 0.15) is 5.82 Å². The molecule has 0 atom stereocenters. The molecular formula is C14H19ClN2O. The predicted octanol–water partition coefficient (Wildman–Crippen LogP) is 3.24. The van der Waals surface area contributed by atoms with E-state index >= 15 is 0 Å². The third-order valence-electron chi connectivity index (χ3n) is 3.04. The van der Waals surface area contributed by atoms with Crippen LogP contribution in [0, 0.1) is 0 Å². The van der Waals surface area contributed by atoms with Crippen molar-refractivity contribution in [1.82, 2.24) is 9.55 Å². The van der Waals surface area contributed by atoms with Crippen LogP contribution in [-0.2, 0) is 17.7 Å². The molecule has 1 heterocycles.